The molecule has 0 unspecified atom stereocenters. The van der Waals surface area contributed by atoms with E-state index in [1.807, 2.05) is 13.8 Å². The van der Waals surface area contributed by atoms with E-state index in [1.165, 1.54) is 24.3 Å². The van der Waals surface area contributed by atoms with Gasteiger partial charge in [0.1, 0.15) is 0 Å². The normalized spacial score (nSPS) is 11.6. The second kappa shape index (κ2) is 6.65. The first-order valence-corrected chi connectivity index (χ1v) is 7.95. The van der Waals surface area contributed by atoms with Gasteiger partial charge < -0.3 is 5.11 Å². The van der Waals surface area contributed by atoms with E-state index in [2.05, 4.69) is 0 Å². The highest BCUT2D eigenvalue weighted by molar-refractivity contribution is 7.91. The molecule has 0 fully saturated rings. The number of ketones is 1. The van der Waals surface area contributed by atoms with E-state index in [0.717, 1.165) is 0 Å². The Bertz CT molecular complexity index is 584. The summed E-state index contributed by atoms with van der Waals surface area (Å²) in [6, 6.07) is 5.65. The molecule has 1 N–H and O–H groups in total. The third-order valence-electron chi connectivity index (χ3n) is 2.71. The van der Waals surface area contributed by atoms with Crippen LogP contribution >= 0.6 is 0 Å². The molecule has 0 saturated heterocycles. The van der Waals surface area contributed by atoms with E-state index in [-0.39, 0.29) is 16.6 Å². The van der Waals surface area contributed by atoms with Crippen LogP contribution in [0.1, 0.15) is 37.0 Å². The van der Waals surface area contributed by atoms with Crippen molar-refractivity contribution in [3.63, 3.8) is 0 Å². The molecule has 0 amide bonds. The van der Waals surface area contributed by atoms with Gasteiger partial charge in [0.05, 0.1) is 17.1 Å². The molecular formula is C14H18O5S. The van der Waals surface area contributed by atoms with Crippen LogP contribution in [0, 0.1) is 5.92 Å². The number of aliphatic carboxylic acids is 1. The van der Waals surface area contributed by atoms with Crippen molar-refractivity contribution in [2.24, 2.45) is 5.92 Å². The van der Waals surface area contributed by atoms with Crippen molar-refractivity contribution < 1.29 is 23.1 Å². The topological polar surface area (TPSA) is 88.5 Å². The van der Waals surface area contributed by atoms with Crippen LogP contribution in [-0.4, -0.2) is 31.0 Å². The van der Waals surface area contributed by atoms with Crippen LogP contribution < -0.4 is 0 Å². The van der Waals surface area contributed by atoms with Gasteiger partial charge in [-0.05, 0) is 18.1 Å². The van der Waals surface area contributed by atoms with Gasteiger partial charge in [0.15, 0.2) is 15.6 Å². The molecule has 0 aromatic heterocycles. The number of hydrogen-bond acceptors (Lipinski definition) is 4. The lowest BCUT2D eigenvalue weighted by molar-refractivity contribution is -0.136. The third-order valence-corrected chi connectivity index (χ3v) is 4.45. The van der Waals surface area contributed by atoms with E-state index in [0.29, 0.717) is 12.0 Å². The van der Waals surface area contributed by atoms with Crippen molar-refractivity contribution >= 4 is 21.6 Å². The highest BCUT2D eigenvalue weighted by Crippen LogP contribution is 2.15. The molecule has 0 atom stereocenters. The number of Topliss-reactive ketones (excluding diaryl/α,β-unsaturated/α-hetero) is 1. The van der Waals surface area contributed by atoms with Crippen molar-refractivity contribution in [2.45, 2.75) is 31.6 Å². The molecule has 6 heteroatoms. The first kappa shape index (κ1) is 16.4. The minimum atomic E-state index is -3.61. The maximum Gasteiger partial charge on any atom is 0.304 e. The summed E-state index contributed by atoms with van der Waals surface area (Å²) in [4.78, 5) is 22.3. The fourth-order valence-corrected chi connectivity index (χ4v) is 2.91. The molecule has 1 aromatic rings. The number of hydrogen-bond donors (Lipinski definition) is 1. The fourth-order valence-electron chi connectivity index (χ4n) is 1.68. The van der Waals surface area contributed by atoms with E-state index < -0.39 is 28.0 Å². The summed E-state index contributed by atoms with van der Waals surface area (Å²) in [7, 11) is -3.61. The monoisotopic (exact) mass is 298 g/mol. The zero-order chi connectivity index (χ0) is 15.3. The van der Waals surface area contributed by atoms with Gasteiger partial charge >= 0.3 is 5.97 Å². The molecule has 0 radical (unpaired) electrons. The Hall–Kier alpha value is -1.69. The van der Waals surface area contributed by atoms with E-state index >= 15 is 0 Å². The lowest BCUT2D eigenvalue weighted by Gasteiger charge is -2.06. The first-order valence-electron chi connectivity index (χ1n) is 6.30. The van der Waals surface area contributed by atoms with Gasteiger partial charge in [-0.15, -0.1) is 0 Å². The lowest BCUT2D eigenvalue weighted by Crippen LogP contribution is -2.11. The summed E-state index contributed by atoms with van der Waals surface area (Å²) in [5, 5.41) is 8.52. The zero-order valence-corrected chi connectivity index (χ0v) is 12.3. The van der Waals surface area contributed by atoms with Crippen LogP contribution in [0.25, 0.3) is 0 Å². The molecule has 110 valence electrons. The Morgan fingerprint density at radius 2 is 1.70 bits per heavy atom. The van der Waals surface area contributed by atoms with Gasteiger partial charge in [-0.25, -0.2) is 8.42 Å². The van der Waals surface area contributed by atoms with Gasteiger partial charge in [-0.3, -0.25) is 9.59 Å². The van der Waals surface area contributed by atoms with Crippen molar-refractivity contribution in [3.8, 4) is 0 Å². The SMILES string of the molecule is CC(C)CC(=O)c1ccc(S(=O)(=O)CCC(=O)O)cc1. The van der Waals surface area contributed by atoms with Gasteiger partial charge in [0.2, 0.25) is 0 Å². The molecular weight excluding hydrogens is 280 g/mol. The van der Waals surface area contributed by atoms with Crippen LogP contribution in [-0.2, 0) is 14.6 Å². The number of benzene rings is 1. The third kappa shape index (κ3) is 4.77. The number of carbonyl (C=O) groups excluding carboxylic acids is 1. The minimum absolute atomic E-state index is 0.0329. The largest absolute Gasteiger partial charge is 0.481 e. The minimum Gasteiger partial charge on any atom is -0.481 e. The maximum atomic E-state index is 11.8. The van der Waals surface area contributed by atoms with E-state index in [4.69, 9.17) is 5.11 Å². The molecule has 0 aliphatic heterocycles. The Balaban J connectivity index is 2.85. The average molecular weight is 298 g/mol. The van der Waals surface area contributed by atoms with Crippen molar-refractivity contribution in [3.05, 3.63) is 29.8 Å². The van der Waals surface area contributed by atoms with Gasteiger partial charge in [-0.1, -0.05) is 26.0 Å². The molecule has 20 heavy (non-hydrogen) atoms. The summed E-state index contributed by atoms with van der Waals surface area (Å²) >= 11 is 0. The number of rotatable bonds is 7. The molecule has 0 bridgehead atoms. The standard InChI is InChI=1S/C14H18O5S/c1-10(2)9-13(15)11-3-5-12(6-4-11)20(18,19)8-7-14(16)17/h3-6,10H,7-9H2,1-2H3,(H,16,17). The second-order valence-electron chi connectivity index (χ2n) is 5.01. The smallest absolute Gasteiger partial charge is 0.304 e. The van der Waals surface area contributed by atoms with Crippen LogP contribution in [0.3, 0.4) is 0 Å². The molecule has 0 aliphatic carbocycles. The number of carboxylic acids is 1. The van der Waals surface area contributed by atoms with Gasteiger partial charge in [0.25, 0.3) is 0 Å². The first-order chi connectivity index (χ1) is 9.22. The Kier molecular flexibility index (Phi) is 5.44. The van der Waals surface area contributed by atoms with Crippen LogP contribution in [0.4, 0.5) is 0 Å². The molecule has 0 saturated carbocycles. The van der Waals surface area contributed by atoms with E-state index in [1.54, 1.807) is 0 Å². The highest BCUT2D eigenvalue weighted by atomic mass is 32.2. The Labute approximate surface area is 118 Å². The number of carbonyl (C=O) groups is 2. The van der Waals surface area contributed by atoms with Crippen LogP contribution in [0.15, 0.2) is 29.2 Å². The van der Waals surface area contributed by atoms with E-state index in [9.17, 15) is 18.0 Å². The summed E-state index contributed by atoms with van der Waals surface area (Å²) in [5.41, 5.74) is 0.468. The lowest BCUT2D eigenvalue weighted by atomic mass is 10.0. The van der Waals surface area contributed by atoms with Gasteiger partial charge in [0, 0.05) is 12.0 Å². The molecule has 5 nitrogen and oxygen atoms in total. The molecule has 0 aliphatic rings. The summed E-state index contributed by atoms with van der Waals surface area (Å²) in [5.74, 6) is -1.39. The highest BCUT2D eigenvalue weighted by Gasteiger charge is 2.17. The number of sulfone groups is 1. The van der Waals surface area contributed by atoms with Crippen LogP contribution in [0.2, 0.25) is 0 Å². The van der Waals surface area contributed by atoms with Crippen molar-refractivity contribution in [2.75, 3.05) is 5.75 Å². The molecule has 1 aromatic carbocycles. The molecule has 0 spiro atoms. The maximum absolute atomic E-state index is 11.8. The molecule has 0 heterocycles. The Morgan fingerprint density at radius 3 is 2.15 bits per heavy atom. The average Bonchev–Trinajstić information content (AvgIpc) is 2.36. The predicted octanol–water partition coefficient (Wildman–Crippen LogP) is 2.16. The zero-order valence-electron chi connectivity index (χ0n) is 11.5. The summed E-state index contributed by atoms with van der Waals surface area (Å²) in [6.07, 6.45) is -0.0263. The predicted molar refractivity (Wildman–Crippen MR) is 74.5 cm³/mol. The quantitative estimate of drug-likeness (QED) is 0.779. The van der Waals surface area contributed by atoms with Crippen LogP contribution in [0.5, 0.6) is 0 Å². The molecule has 1 rings (SSSR count). The van der Waals surface area contributed by atoms with Crippen molar-refractivity contribution in [1.29, 1.82) is 0 Å². The van der Waals surface area contributed by atoms with Crippen molar-refractivity contribution in [1.82, 2.24) is 0 Å². The summed E-state index contributed by atoms with van der Waals surface area (Å²) < 4.78 is 23.7. The van der Waals surface area contributed by atoms with Gasteiger partial charge in [-0.2, -0.15) is 0 Å². The summed E-state index contributed by atoms with van der Waals surface area (Å²) in [6.45, 7) is 3.87. The second-order valence-corrected chi connectivity index (χ2v) is 7.12. The Morgan fingerprint density at radius 1 is 1.15 bits per heavy atom. The number of carboxylic acid groups (broad SMARTS) is 1. The fraction of sp³-hybridized carbons (Fsp3) is 0.429.